The van der Waals surface area contributed by atoms with Crippen LogP contribution in [0.15, 0.2) is 22.8 Å². The van der Waals surface area contributed by atoms with E-state index >= 15 is 0 Å². The van der Waals surface area contributed by atoms with Crippen LogP contribution in [0.5, 0.6) is 0 Å². The molecule has 0 aliphatic heterocycles. The molecule has 0 amide bonds. The Morgan fingerprint density at radius 3 is 2.91 bits per heavy atom. The number of hydrogen-bond acceptors (Lipinski definition) is 2. The van der Waals surface area contributed by atoms with Crippen molar-refractivity contribution in [2.75, 3.05) is 6.61 Å². The first-order valence-corrected chi connectivity index (χ1v) is 9.58. The molecular weight excluding hydrogens is 284 g/mol. The molecule has 5 rings (SSSR count). The number of ketones is 1. The molecule has 3 saturated carbocycles. The Hall–Kier alpha value is -0.890. The van der Waals surface area contributed by atoms with Crippen LogP contribution in [0.1, 0.15) is 58.8 Å². The molecule has 0 heterocycles. The van der Waals surface area contributed by atoms with E-state index < -0.39 is 0 Å². The Labute approximate surface area is 139 Å². The van der Waals surface area contributed by atoms with Crippen molar-refractivity contribution in [3.05, 3.63) is 22.8 Å². The van der Waals surface area contributed by atoms with Crippen molar-refractivity contribution in [1.29, 1.82) is 0 Å². The molecule has 5 aliphatic rings. The van der Waals surface area contributed by atoms with Crippen molar-refractivity contribution in [2.24, 2.45) is 34.5 Å². The van der Waals surface area contributed by atoms with E-state index in [1.165, 1.54) is 31.3 Å². The zero-order valence-electron chi connectivity index (χ0n) is 14.4. The van der Waals surface area contributed by atoms with Crippen molar-refractivity contribution < 1.29 is 9.90 Å². The fourth-order valence-electron chi connectivity index (χ4n) is 7.60. The molecule has 0 bridgehead atoms. The van der Waals surface area contributed by atoms with E-state index in [-0.39, 0.29) is 0 Å². The highest BCUT2D eigenvalue weighted by atomic mass is 16.3. The summed E-state index contributed by atoms with van der Waals surface area (Å²) in [6.45, 7) is 5.29. The van der Waals surface area contributed by atoms with Gasteiger partial charge in [0, 0.05) is 13.0 Å². The maximum Gasteiger partial charge on any atom is 0.156 e. The molecule has 0 saturated heterocycles. The lowest BCUT2D eigenvalue weighted by Gasteiger charge is -2.54. The Balaban J connectivity index is 1.64. The summed E-state index contributed by atoms with van der Waals surface area (Å²) in [7, 11) is 0. The van der Waals surface area contributed by atoms with Crippen molar-refractivity contribution in [1.82, 2.24) is 0 Å². The molecule has 1 N–H and O–H groups in total. The zero-order chi connectivity index (χ0) is 16.0. The van der Waals surface area contributed by atoms with E-state index in [2.05, 4.69) is 13.8 Å². The fourth-order valence-corrected chi connectivity index (χ4v) is 7.60. The standard InChI is InChI=1S/C21H28O2/c1-12-7-13-8-16(23)3-4-17(13)18-5-6-20(2)15(11-22)9-14-10-21(14,20)19(12)18/h8,12,14-15,19,22H,3-7,9-11H2,1-2H3/t12-,14?,15?,19-,20-,21-/m1/s1. The molecule has 2 nitrogen and oxygen atoms in total. The largest absolute Gasteiger partial charge is 0.396 e. The highest BCUT2D eigenvalue weighted by Gasteiger charge is 2.76. The van der Waals surface area contributed by atoms with Crippen molar-refractivity contribution in [3.8, 4) is 0 Å². The summed E-state index contributed by atoms with van der Waals surface area (Å²) >= 11 is 0. The van der Waals surface area contributed by atoms with Crippen LogP contribution in [0.4, 0.5) is 0 Å². The molecule has 3 fully saturated rings. The Morgan fingerprint density at radius 1 is 1.30 bits per heavy atom. The van der Waals surface area contributed by atoms with Gasteiger partial charge in [0.1, 0.15) is 0 Å². The summed E-state index contributed by atoms with van der Waals surface area (Å²) in [6.07, 6.45) is 9.86. The average Bonchev–Trinajstić information content (AvgIpc) is 3.17. The summed E-state index contributed by atoms with van der Waals surface area (Å²) in [6, 6.07) is 0. The van der Waals surface area contributed by atoms with E-state index in [9.17, 15) is 9.90 Å². The van der Waals surface area contributed by atoms with E-state index in [0.29, 0.717) is 35.1 Å². The number of aliphatic hydroxyl groups excluding tert-OH is 1. The topological polar surface area (TPSA) is 37.3 Å². The molecule has 5 aliphatic carbocycles. The zero-order valence-corrected chi connectivity index (χ0v) is 14.4. The maximum atomic E-state index is 11.8. The number of hydrogen-bond donors (Lipinski definition) is 1. The van der Waals surface area contributed by atoms with Crippen LogP contribution < -0.4 is 0 Å². The first-order valence-electron chi connectivity index (χ1n) is 9.58. The van der Waals surface area contributed by atoms with Gasteiger partial charge >= 0.3 is 0 Å². The first-order chi connectivity index (χ1) is 11.0. The minimum atomic E-state index is 0.333. The number of rotatable bonds is 1. The van der Waals surface area contributed by atoms with Gasteiger partial charge in [-0.3, -0.25) is 4.79 Å². The molecule has 23 heavy (non-hydrogen) atoms. The number of fused-ring (bicyclic) bond motifs is 2. The SMILES string of the molecule is C[C@@H]1CC2=CC(=O)CCC2=C2CC[C@]3(C)C(CO)CC4C[C@]43[C@@H]21. The van der Waals surface area contributed by atoms with Gasteiger partial charge in [-0.1, -0.05) is 19.4 Å². The smallest absolute Gasteiger partial charge is 0.156 e. The lowest BCUT2D eigenvalue weighted by atomic mass is 9.50. The molecule has 124 valence electrons. The second kappa shape index (κ2) is 4.39. The molecule has 1 spiro atoms. The first kappa shape index (κ1) is 14.5. The molecule has 2 heteroatoms. The summed E-state index contributed by atoms with van der Waals surface area (Å²) in [5.41, 5.74) is 5.49. The van der Waals surface area contributed by atoms with Gasteiger partial charge in [-0.2, -0.15) is 0 Å². The number of allylic oxidation sites excluding steroid dienone is 4. The van der Waals surface area contributed by atoms with Crippen LogP contribution in [0.25, 0.3) is 0 Å². The number of carbonyl (C=O) groups is 1. The maximum absolute atomic E-state index is 11.8. The number of aliphatic hydroxyl groups is 1. The third-order valence-electron chi connectivity index (χ3n) is 8.59. The van der Waals surface area contributed by atoms with Gasteiger partial charge in [0.2, 0.25) is 0 Å². The van der Waals surface area contributed by atoms with Gasteiger partial charge in [0.25, 0.3) is 0 Å². The van der Waals surface area contributed by atoms with Gasteiger partial charge in [-0.05, 0) is 90.2 Å². The molecule has 0 aromatic carbocycles. The normalized spacial score (nSPS) is 50.7. The summed E-state index contributed by atoms with van der Waals surface area (Å²) in [5, 5.41) is 9.93. The lowest BCUT2D eigenvalue weighted by molar-refractivity contribution is -0.114. The molecular formula is C21H28O2. The van der Waals surface area contributed by atoms with Gasteiger partial charge in [-0.15, -0.1) is 0 Å². The summed E-state index contributed by atoms with van der Waals surface area (Å²) < 4.78 is 0. The minimum absolute atomic E-state index is 0.333. The molecule has 6 atom stereocenters. The molecule has 0 aromatic rings. The summed E-state index contributed by atoms with van der Waals surface area (Å²) in [5.74, 6) is 3.09. The second-order valence-electron chi connectivity index (χ2n) is 9.27. The quantitative estimate of drug-likeness (QED) is 0.793. The van der Waals surface area contributed by atoms with Gasteiger partial charge in [-0.25, -0.2) is 0 Å². The lowest BCUT2D eigenvalue weighted by Crippen LogP contribution is -2.47. The van der Waals surface area contributed by atoms with Crippen molar-refractivity contribution in [3.63, 3.8) is 0 Å². The van der Waals surface area contributed by atoms with Crippen LogP contribution in [0.2, 0.25) is 0 Å². The average molecular weight is 312 g/mol. The minimum Gasteiger partial charge on any atom is -0.396 e. The van der Waals surface area contributed by atoms with E-state index in [4.69, 9.17) is 0 Å². The van der Waals surface area contributed by atoms with E-state index in [1.807, 2.05) is 6.08 Å². The van der Waals surface area contributed by atoms with Gasteiger partial charge in [0.05, 0.1) is 0 Å². The third kappa shape index (κ3) is 1.57. The van der Waals surface area contributed by atoms with Crippen LogP contribution in [-0.4, -0.2) is 17.5 Å². The Kier molecular flexibility index (Phi) is 2.76. The molecule has 0 aromatic heterocycles. The van der Waals surface area contributed by atoms with Gasteiger partial charge in [0.15, 0.2) is 5.78 Å². The van der Waals surface area contributed by atoms with Crippen LogP contribution in [0, 0.1) is 34.5 Å². The second-order valence-corrected chi connectivity index (χ2v) is 9.27. The molecule has 0 radical (unpaired) electrons. The Morgan fingerprint density at radius 2 is 2.13 bits per heavy atom. The molecule has 2 unspecified atom stereocenters. The van der Waals surface area contributed by atoms with Crippen molar-refractivity contribution >= 4 is 5.78 Å². The third-order valence-corrected chi connectivity index (χ3v) is 8.59. The predicted octanol–water partition coefficient (Wildman–Crippen LogP) is 4.05. The van der Waals surface area contributed by atoms with E-state index in [0.717, 1.165) is 31.1 Å². The highest BCUT2D eigenvalue weighted by Crippen LogP contribution is 2.83. The van der Waals surface area contributed by atoms with Crippen LogP contribution >= 0.6 is 0 Å². The highest BCUT2D eigenvalue weighted by molar-refractivity contribution is 5.93. The van der Waals surface area contributed by atoms with Crippen LogP contribution in [-0.2, 0) is 4.79 Å². The van der Waals surface area contributed by atoms with E-state index in [1.54, 1.807) is 11.1 Å². The fraction of sp³-hybridized carbons (Fsp3) is 0.762. The Bertz CT molecular complexity index is 657. The predicted molar refractivity (Wildman–Crippen MR) is 89.7 cm³/mol. The summed E-state index contributed by atoms with van der Waals surface area (Å²) in [4.78, 5) is 11.8. The van der Waals surface area contributed by atoms with Crippen LogP contribution in [0.3, 0.4) is 0 Å². The monoisotopic (exact) mass is 312 g/mol. The van der Waals surface area contributed by atoms with Gasteiger partial charge < -0.3 is 5.11 Å². The number of carbonyl (C=O) groups excluding carboxylic acids is 1. The van der Waals surface area contributed by atoms with Crippen molar-refractivity contribution in [2.45, 2.75) is 58.8 Å².